The van der Waals surface area contributed by atoms with Gasteiger partial charge in [-0.3, -0.25) is 0 Å². The summed E-state index contributed by atoms with van der Waals surface area (Å²) in [4.78, 5) is 0. The van der Waals surface area contributed by atoms with Gasteiger partial charge in [0, 0.05) is 0 Å². The Morgan fingerprint density at radius 3 is 2.03 bits per heavy atom. The maximum absolute atomic E-state index is 14.8. The van der Waals surface area contributed by atoms with Crippen LogP contribution in [-0.4, -0.2) is 0 Å². The topological polar surface area (TPSA) is 0 Å². The van der Waals surface area contributed by atoms with E-state index >= 15 is 0 Å². The third kappa shape index (κ3) is 5.41. The van der Waals surface area contributed by atoms with Crippen LogP contribution in [0.3, 0.4) is 0 Å². The molecule has 0 aliphatic heterocycles. The largest absolute Gasteiger partial charge is 0.203 e. The van der Waals surface area contributed by atoms with E-state index in [1.54, 1.807) is 0 Å². The van der Waals surface area contributed by atoms with Crippen LogP contribution < -0.4 is 0 Å². The van der Waals surface area contributed by atoms with E-state index in [2.05, 4.69) is 13.8 Å². The number of hydrogen-bond donors (Lipinski definition) is 0. The first-order valence-corrected chi connectivity index (χ1v) is 14.1. The third-order valence-corrected chi connectivity index (χ3v) is 9.64. The van der Waals surface area contributed by atoms with Gasteiger partial charge in [0.15, 0.2) is 11.6 Å². The zero-order chi connectivity index (χ0) is 22.5. The van der Waals surface area contributed by atoms with Crippen molar-refractivity contribution in [2.45, 2.75) is 122 Å². The van der Waals surface area contributed by atoms with Crippen LogP contribution >= 0.6 is 0 Å². The highest BCUT2D eigenvalue weighted by Crippen LogP contribution is 2.53. The summed E-state index contributed by atoms with van der Waals surface area (Å²) in [7, 11) is 0. The molecule has 0 N–H and O–H groups in total. The molecule has 0 radical (unpaired) electrons. The Labute approximate surface area is 196 Å². The summed E-state index contributed by atoms with van der Waals surface area (Å²) >= 11 is 0. The number of halogens is 2. The van der Waals surface area contributed by atoms with Crippen molar-refractivity contribution in [2.75, 3.05) is 0 Å². The fraction of sp³-hybridized carbons (Fsp3) is 0.800. The van der Waals surface area contributed by atoms with Gasteiger partial charge >= 0.3 is 0 Å². The summed E-state index contributed by atoms with van der Waals surface area (Å²) in [5.74, 6) is 3.96. The van der Waals surface area contributed by atoms with Crippen molar-refractivity contribution in [3.05, 3.63) is 34.9 Å². The van der Waals surface area contributed by atoms with Gasteiger partial charge in [-0.2, -0.15) is 0 Å². The predicted octanol–water partition coefficient (Wildman–Crippen LogP) is 9.60. The summed E-state index contributed by atoms with van der Waals surface area (Å²) < 4.78 is 29.5. The lowest BCUT2D eigenvalue weighted by Crippen LogP contribution is -2.17. The smallest absolute Gasteiger partial charge is 0.162 e. The summed E-state index contributed by atoms with van der Waals surface area (Å²) in [5.41, 5.74) is 1.21. The third-order valence-electron chi connectivity index (χ3n) is 9.64. The molecule has 4 unspecified atom stereocenters. The lowest BCUT2D eigenvalue weighted by Gasteiger charge is -2.30. The van der Waals surface area contributed by atoms with Gasteiger partial charge in [-0.25, -0.2) is 8.78 Å². The summed E-state index contributed by atoms with van der Waals surface area (Å²) in [6.07, 6.45) is 19.8. The molecule has 1 aromatic carbocycles. The lowest BCUT2D eigenvalue weighted by molar-refractivity contribution is 0.250. The van der Waals surface area contributed by atoms with Gasteiger partial charge in [-0.05, 0) is 117 Å². The monoisotopic (exact) mass is 444 g/mol. The molecule has 0 amide bonds. The van der Waals surface area contributed by atoms with E-state index in [4.69, 9.17) is 0 Å². The second kappa shape index (κ2) is 11.5. The predicted molar refractivity (Wildman–Crippen MR) is 131 cm³/mol. The number of rotatable bonds is 10. The molecule has 3 aliphatic carbocycles. The van der Waals surface area contributed by atoms with Crippen molar-refractivity contribution in [2.24, 2.45) is 29.6 Å². The molecule has 180 valence electrons. The SMILES string of the molecule is CCCCCc1ccc(C2CCC(CCC3CCC4C(CCC)CCC34)CC2)c(F)c1F. The van der Waals surface area contributed by atoms with Gasteiger partial charge in [0.1, 0.15) is 0 Å². The van der Waals surface area contributed by atoms with Crippen LogP contribution in [0.1, 0.15) is 127 Å². The average molecular weight is 445 g/mol. The molecular weight excluding hydrogens is 398 g/mol. The minimum absolute atomic E-state index is 0.214. The first kappa shape index (κ1) is 24.2. The molecule has 2 heteroatoms. The highest BCUT2D eigenvalue weighted by Gasteiger charge is 2.43. The molecule has 0 bridgehead atoms. The molecule has 0 spiro atoms. The van der Waals surface area contributed by atoms with Crippen molar-refractivity contribution in [1.29, 1.82) is 0 Å². The van der Waals surface area contributed by atoms with Crippen molar-refractivity contribution >= 4 is 0 Å². The molecule has 32 heavy (non-hydrogen) atoms. The number of aryl methyl sites for hydroxylation is 1. The minimum Gasteiger partial charge on any atom is -0.203 e. The first-order chi connectivity index (χ1) is 15.6. The summed E-state index contributed by atoms with van der Waals surface area (Å²) in [6, 6.07) is 3.76. The Morgan fingerprint density at radius 2 is 1.38 bits per heavy atom. The van der Waals surface area contributed by atoms with Crippen LogP contribution in [0, 0.1) is 41.2 Å². The van der Waals surface area contributed by atoms with E-state index in [0.717, 1.165) is 61.7 Å². The molecule has 0 nitrogen and oxygen atoms in total. The molecule has 0 saturated heterocycles. The maximum Gasteiger partial charge on any atom is 0.162 e. The summed E-state index contributed by atoms with van der Waals surface area (Å²) in [5, 5.41) is 0. The maximum atomic E-state index is 14.8. The van der Waals surface area contributed by atoms with E-state index in [1.165, 1.54) is 64.2 Å². The highest BCUT2D eigenvalue weighted by molar-refractivity contribution is 5.29. The zero-order valence-corrected chi connectivity index (χ0v) is 20.7. The van der Waals surface area contributed by atoms with Gasteiger partial charge in [0.05, 0.1) is 0 Å². The molecular formula is C30H46F2. The van der Waals surface area contributed by atoms with Gasteiger partial charge in [0.25, 0.3) is 0 Å². The molecule has 4 atom stereocenters. The Bertz CT molecular complexity index is 718. The number of fused-ring (bicyclic) bond motifs is 1. The van der Waals surface area contributed by atoms with E-state index in [9.17, 15) is 8.78 Å². The normalized spacial score (nSPS) is 32.4. The minimum atomic E-state index is -0.575. The van der Waals surface area contributed by atoms with E-state index in [0.29, 0.717) is 17.5 Å². The number of benzene rings is 1. The first-order valence-electron chi connectivity index (χ1n) is 14.1. The lowest BCUT2D eigenvalue weighted by atomic mass is 9.75. The summed E-state index contributed by atoms with van der Waals surface area (Å²) in [6.45, 7) is 4.48. The van der Waals surface area contributed by atoms with Crippen molar-refractivity contribution in [1.82, 2.24) is 0 Å². The Balaban J connectivity index is 1.24. The fourth-order valence-corrected chi connectivity index (χ4v) is 7.82. The number of hydrogen-bond acceptors (Lipinski definition) is 0. The Kier molecular flexibility index (Phi) is 8.68. The van der Waals surface area contributed by atoms with Crippen molar-refractivity contribution in [3.8, 4) is 0 Å². The molecule has 1 aromatic rings. The molecule has 3 aliphatic rings. The van der Waals surface area contributed by atoms with E-state index in [-0.39, 0.29) is 5.92 Å². The van der Waals surface area contributed by atoms with Crippen LogP contribution in [0.25, 0.3) is 0 Å². The van der Waals surface area contributed by atoms with Crippen molar-refractivity contribution < 1.29 is 8.78 Å². The second-order valence-electron chi connectivity index (χ2n) is 11.5. The molecule has 3 fully saturated rings. The quantitative estimate of drug-likeness (QED) is 0.315. The molecule has 0 heterocycles. The molecule has 4 rings (SSSR count). The average Bonchev–Trinajstić information content (AvgIpc) is 3.39. The zero-order valence-electron chi connectivity index (χ0n) is 20.7. The van der Waals surface area contributed by atoms with E-state index in [1.807, 2.05) is 12.1 Å². The highest BCUT2D eigenvalue weighted by atomic mass is 19.2. The van der Waals surface area contributed by atoms with E-state index < -0.39 is 11.6 Å². The van der Waals surface area contributed by atoms with Crippen LogP contribution in [0.4, 0.5) is 8.78 Å². The molecule has 3 saturated carbocycles. The van der Waals surface area contributed by atoms with Crippen LogP contribution in [0.2, 0.25) is 0 Å². The van der Waals surface area contributed by atoms with Crippen molar-refractivity contribution in [3.63, 3.8) is 0 Å². The van der Waals surface area contributed by atoms with Crippen LogP contribution in [0.5, 0.6) is 0 Å². The molecule has 0 aromatic heterocycles. The van der Waals surface area contributed by atoms with Crippen LogP contribution in [0.15, 0.2) is 12.1 Å². The van der Waals surface area contributed by atoms with Gasteiger partial charge in [0.2, 0.25) is 0 Å². The second-order valence-corrected chi connectivity index (χ2v) is 11.5. The fourth-order valence-electron chi connectivity index (χ4n) is 7.82. The van der Waals surface area contributed by atoms with Gasteiger partial charge < -0.3 is 0 Å². The van der Waals surface area contributed by atoms with Crippen LogP contribution in [-0.2, 0) is 6.42 Å². The van der Waals surface area contributed by atoms with Gasteiger partial charge in [-0.15, -0.1) is 0 Å². The Hall–Kier alpha value is -0.920. The number of unbranched alkanes of at least 4 members (excludes halogenated alkanes) is 2. The van der Waals surface area contributed by atoms with Gasteiger partial charge in [-0.1, -0.05) is 58.1 Å². The Morgan fingerprint density at radius 1 is 0.688 bits per heavy atom. The standard InChI is InChI=1S/C30H46F2/c1-3-5-6-8-25-17-20-28(30(32)29(25)31)24-13-10-21(11-14-24)9-12-23-16-19-26-22(7-4-2)15-18-27(23)26/h17,20-24,26-27H,3-16,18-19H2,1-2H3.